The van der Waals surface area contributed by atoms with Crippen LogP contribution < -0.4 is 5.32 Å². The van der Waals surface area contributed by atoms with Gasteiger partial charge < -0.3 is 5.32 Å². The van der Waals surface area contributed by atoms with Crippen molar-refractivity contribution in [2.45, 2.75) is 46.1 Å². The van der Waals surface area contributed by atoms with Gasteiger partial charge in [-0.05, 0) is 58.2 Å². The molecule has 0 saturated carbocycles. The predicted octanol–water partition coefficient (Wildman–Crippen LogP) is 4.38. The summed E-state index contributed by atoms with van der Waals surface area (Å²) >= 11 is 0. The van der Waals surface area contributed by atoms with E-state index >= 15 is 0 Å². The summed E-state index contributed by atoms with van der Waals surface area (Å²) in [6.07, 6.45) is 3.41. The third-order valence-electron chi connectivity index (χ3n) is 4.04. The van der Waals surface area contributed by atoms with E-state index in [4.69, 9.17) is 0 Å². The number of rotatable bonds is 6. The largest absolute Gasteiger partial charge is 0.317 e. The summed E-state index contributed by atoms with van der Waals surface area (Å²) in [6, 6.07) is 16.2. The summed E-state index contributed by atoms with van der Waals surface area (Å²) in [5.41, 5.74) is 6.95. The molecule has 2 rings (SSSR count). The van der Waals surface area contributed by atoms with Crippen LogP contribution in [0, 0.1) is 20.8 Å². The van der Waals surface area contributed by atoms with E-state index in [-0.39, 0.29) is 0 Å². The summed E-state index contributed by atoms with van der Waals surface area (Å²) in [4.78, 5) is 0. The predicted molar refractivity (Wildman–Crippen MR) is 92.0 cm³/mol. The van der Waals surface area contributed by atoms with Crippen LogP contribution in [0.3, 0.4) is 0 Å². The molecule has 112 valence electrons. The summed E-state index contributed by atoms with van der Waals surface area (Å²) in [7, 11) is 2.07. The Kier molecular flexibility index (Phi) is 5.58. The molecule has 1 heteroatoms. The quantitative estimate of drug-likeness (QED) is 0.829. The molecule has 0 spiro atoms. The summed E-state index contributed by atoms with van der Waals surface area (Å²) in [6.45, 7) is 6.52. The first-order chi connectivity index (χ1) is 10.1. The Balaban J connectivity index is 1.96. The van der Waals surface area contributed by atoms with Gasteiger partial charge in [0.15, 0.2) is 0 Å². The van der Waals surface area contributed by atoms with Crippen LogP contribution in [0.1, 0.15) is 34.2 Å². The lowest BCUT2D eigenvalue weighted by Gasteiger charge is -2.17. The van der Waals surface area contributed by atoms with E-state index < -0.39 is 0 Å². The van der Waals surface area contributed by atoms with Crippen LogP contribution in [0.5, 0.6) is 0 Å². The molecule has 21 heavy (non-hydrogen) atoms. The Morgan fingerprint density at radius 3 is 2.14 bits per heavy atom. The van der Waals surface area contributed by atoms with E-state index in [1.54, 1.807) is 0 Å². The Morgan fingerprint density at radius 2 is 1.52 bits per heavy atom. The smallest absolute Gasteiger partial charge is 0.0108 e. The van der Waals surface area contributed by atoms with Crippen LogP contribution in [0.4, 0.5) is 0 Å². The van der Waals surface area contributed by atoms with Crippen LogP contribution in [0.25, 0.3) is 0 Å². The number of likely N-dealkylation sites (N-methyl/N-ethyl adjacent to an activating group) is 1. The van der Waals surface area contributed by atoms with Gasteiger partial charge in [0, 0.05) is 6.04 Å². The molecule has 0 amide bonds. The van der Waals surface area contributed by atoms with Crippen molar-refractivity contribution in [3.05, 3.63) is 70.3 Å². The van der Waals surface area contributed by atoms with Crippen molar-refractivity contribution in [3.63, 3.8) is 0 Å². The fourth-order valence-corrected chi connectivity index (χ4v) is 3.03. The molecule has 0 saturated heterocycles. The monoisotopic (exact) mass is 281 g/mol. The zero-order valence-corrected chi connectivity index (χ0v) is 13.7. The lowest BCUT2D eigenvalue weighted by Crippen LogP contribution is -2.28. The Hall–Kier alpha value is -1.60. The summed E-state index contributed by atoms with van der Waals surface area (Å²) in [5.74, 6) is 0. The fraction of sp³-hybridized carbons (Fsp3) is 0.400. The third-order valence-corrected chi connectivity index (χ3v) is 4.04. The minimum atomic E-state index is 0.534. The Labute approximate surface area is 129 Å². The molecule has 1 atom stereocenters. The number of hydrogen-bond acceptors (Lipinski definition) is 1. The average Bonchev–Trinajstić information content (AvgIpc) is 2.42. The van der Waals surface area contributed by atoms with Gasteiger partial charge >= 0.3 is 0 Å². The molecule has 0 aliphatic rings. The van der Waals surface area contributed by atoms with Crippen molar-refractivity contribution in [2.75, 3.05) is 7.05 Å². The van der Waals surface area contributed by atoms with Crippen molar-refractivity contribution >= 4 is 0 Å². The van der Waals surface area contributed by atoms with Crippen molar-refractivity contribution in [2.24, 2.45) is 0 Å². The van der Waals surface area contributed by atoms with Gasteiger partial charge in [0.25, 0.3) is 0 Å². The molecular weight excluding hydrogens is 254 g/mol. The lowest BCUT2D eigenvalue weighted by molar-refractivity contribution is 0.520. The first-order valence-corrected chi connectivity index (χ1v) is 7.87. The molecule has 2 aromatic carbocycles. The van der Waals surface area contributed by atoms with Crippen molar-refractivity contribution in [1.29, 1.82) is 0 Å². The normalized spacial score (nSPS) is 12.4. The SMILES string of the molecule is CNC(CCc1cccc(C)c1)Cc1cc(C)cc(C)c1. The highest BCUT2D eigenvalue weighted by atomic mass is 14.9. The maximum absolute atomic E-state index is 3.47. The molecule has 0 aliphatic heterocycles. The molecule has 0 radical (unpaired) electrons. The lowest BCUT2D eigenvalue weighted by atomic mass is 9.96. The first kappa shape index (κ1) is 15.8. The van der Waals surface area contributed by atoms with Crippen LogP contribution in [0.2, 0.25) is 0 Å². The molecule has 0 aromatic heterocycles. The summed E-state index contributed by atoms with van der Waals surface area (Å²) in [5, 5.41) is 3.47. The van der Waals surface area contributed by atoms with Crippen molar-refractivity contribution in [3.8, 4) is 0 Å². The zero-order valence-electron chi connectivity index (χ0n) is 13.7. The third kappa shape index (κ3) is 5.02. The van der Waals surface area contributed by atoms with Gasteiger partial charge in [-0.2, -0.15) is 0 Å². The number of aryl methyl sites for hydroxylation is 4. The fourth-order valence-electron chi connectivity index (χ4n) is 3.03. The van der Waals surface area contributed by atoms with E-state index in [1.165, 1.54) is 34.2 Å². The van der Waals surface area contributed by atoms with Crippen LogP contribution in [0.15, 0.2) is 42.5 Å². The molecule has 0 aliphatic carbocycles. The zero-order chi connectivity index (χ0) is 15.2. The van der Waals surface area contributed by atoms with Gasteiger partial charge in [-0.15, -0.1) is 0 Å². The van der Waals surface area contributed by atoms with Crippen molar-refractivity contribution in [1.82, 2.24) is 5.32 Å². The maximum Gasteiger partial charge on any atom is 0.0108 e. The molecule has 1 unspecified atom stereocenters. The average molecular weight is 281 g/mol. The van der Waals surface area contributed by atoms with Gasteiger partial charge in [-0.3, -0.25) is 0 Å². The van der Waals surface area contributed by atoms with Crippen LogP contribution >= 0.6 is 0 Å². The second-order valence-electron chi connectivity index (χ2n) is 6.21. The number of nitrogens with one attached hydrogen (secondary N) is 1. The topological polar surface area (TPSA) is 12.0 Å². The molecule has 0 bridgehead atoms. The number of benzene rings is 2. The van der Waals surface area contributed by atoms with Crippen LogP contribution in [-0.4, -0.2) is 13.1 Å². The maximum atomic E-state index is 3.47. The van der Waals surface area contributed by atoms with E-state index in [0.29, 0.717) is 6.04 Å². The van der Waals surface area contributed by atoms with Gasteiger partial charge in [0.05, 0.1) is 0 Å². The highest BCUT2D eigenvalue weighted by Crippen LogP contribution is 2.14. The molecule has 1 N–H and O–H groups in total. The highest BCUT2D eigenvalue weighted by molar-refractivity contribution is 5.29. The molecule has 1 nitrogen and oxygen atoms in total. The van der Waals surface area contributed by atoms with Gasteiger partial charge in [-0.1, -0.05) is 59.2 Å². The number of hydrogen-bond donors (Lipinski definition) is 1. The van der Waals surface area contributed by atoms with E-state index in [2.05, 4.69) is 75.6 Å². The Morgan fingerprint density at radius 1 is 0.857 bits per heavy atom. The Bertz CT molecular complexity index is 566. The van der Waals surface area contributed by atoms with Gasteiger partial charge in [0.1, 0.15) is 0 Å². The molecule has 0 fully saturated rings. The van der Waals surface area contributed by atoms with E-state index in [1.807, 2.05) is 0 Å². The minimum Gasteiger partial charge on any atom is -0.317 e. The highest BCUT2D eigenvalue weighted by Gasteiger charge is 2.08. The second kappa shape index (κ2) is 7.42. The minimum absolute atomic E-state index is 0.534. The van der Waals surface area contributed by atoms with Crippen molar-refractivity contribution < 1.29 is 0 Å². The first-order valence-electron chi connectivity index (χ1n) is 7.87. The van der Waals surface area contributed by atoms with Crippen LogP contribution in [-0.2, 0) is 12.8 Å². The molecule has 2 aromatic rings. The summed E-state index contributed by atoms with van der Waals surface area (Å²) < 4.78 is 0. The second-order valence-corrected chi connectivity index (χ2v) is 6.21. The standard InChI is InChI=1S/C20H27N/c1-15-6-5-7-18(11-15)8-9-20(21-4)14-19-12-16(2)10-17(3)13-19/h5-7,10-13,20-21H,8-9,14H2,1-4H3. The van der Waals surface area contributed by atoms with Gasteiger partial charge in [0.2, 0.25) is 0 Å². The van der Waals surface area contributed by atoms with E-state index in [0.717, 1.165) is 12.8 Å². The molecule has 0 heterocycles. The van der Waals surface area contributed by atoms with E-state index in [9.17, 15) is 0 Å². The molecular formula is C20H27N. The van der Waals surface area contributed by atoms with Gasteiger partial charge in [-0.25, -0.2) is 0 Å².